The lowest BCUT2D eigenvalue weighted by atomic mass is 10.2. The number of para-hydroxylation sites is 1. The number of nitrogens with one attached hydrogen (secondary N) is 1. The Labute approximate surface area is 191 Å². The van der Waals surface area contributed by atoms with Gasteiger partial charge in [0.1, 0.15) is 5.75 Å². The molecule has 0 saturated heterocycles. The normalized spacial score (nSPS) is 10.6. The number of rotatable bonds is 6. The van der Waals surface area contributed by atoms with Crippen molar-refractivity contribution in [3.05, 3.63) is 75.5 Å². The summed E-state index contributed by atoms with van der Waals surface area (Å²) in [6.45, 7) is 3.66. The quantitative estimate of drug-likeness (QED) is 0.556. The van der Waals surface area contributed by atoms with Gasteiger partial charge in [0.2, 0.25) is 5.91 Å². The minimum absolute atomic E-state index is 0.146. The van der Waals surface area contributed by atoms with E-state index in [0.717, 1.165) is 22.8 Å². The predicted octanol–water partition coefficient (Wildman–Crippen LogP) is 5.12. The topological polar surface area (TPSA) is 63.6 Å². The summed E-state index contributed by atoms with van der Waals surface area (Å²) in [5, 5.41) is 3.33. The fourth-order valence-electron chi connectivity index (χ4n) is 3.40. The van der Waals surface area contributed by atoms with Gasteiger partial charge in [-0.3, -0.25) is 9.59 Å². The number of aromatic nitrogens is 1. The molecule has 0 aliphatic rings. The van der Waals surface area contributed by atoms with Gasteiger partial charge in [-0.25, -0.2) is 0 Å². The fraction of sp³-hybridized carbons (Fsp3) is 0.217. The molecule has 0 aliphatic carbocycles. The lowest BCUT2D eigenvalue weighted by Gasteiger charge is -2.18. The Morgan fingerprint density at radius 2 is 1.68 bits per heavy atom. The standard InChI is InChI=1S/C23H23Cl2N3O3/c1-14-12-18(15(2)28(14)16-8-10-17(31-4)11-9-16)23(30)27(3)13-21(29)26-22-19(24)6-5-7-20(22)25/h5-12H,13H2,1-4H3,(H,26,29). The molecule has 3 aromatic rings. The summed E-state index contributed by atoms with van der Waals surface area (Å²) in [6, 6.07) is 14.4. The highest BCUT2D eigenvalue weighted by atomic mass is 35.5. The Bertz CT molecular complexity index is 1100. The van der Waals surface area contributed by atoms with Crippen LogP contribution >= 0.6 is 23.2 Å². The number of likely N-dealkylation sites (N-methyl/N-ethyl adjacent to an activating group) is 1. The molecule has 8 heteroatoms. The van der Waals surface area contributed by atoms with Crippen molar-refractivity contribution in [1.29, 1.82) is 0 Å². The van der Waals surface area contributed by atoms with E-state index in [1.165, 1.54) is 4.90 Å². The number of hydrogen-bond donors (Lipinski definition) is 1. The number of anilines is 1. The minimum Gasteiger partial charge on any atom is -0.497 e. The molecule has 1 N–H and O–H groups in total. The minimum atomic E-state index is -0.394. The molecule has 0 fully saturated rings. The third kappa shape index (κ3) is 4.86. The number of aryl methyl sites for hydroxylation is 1. The molecule has 0 atom stereocenters. The molecule has 0 aliphatic heterocycles. The Morgan fingerprint density at radius 1 is 1.06 bits per heavy atom. The maximum absolute atomic E-state index is 13.0. The summed E-state index contributed by atoms with van der Waals surface area (Å²) in [4.78, 5) is 26.9. The summed E-state index contributed by atoms with van der Waals surface area (Å²) in [7, 11) is 3.19. The molecule has 1 heterocycles. The van der Waals surface area contributed by atoms with E-state index in [-0.39, 0.29) is 12.5 Å². The first-order valence-corrected chi connectivity index (χ1v) is 10.3. The molecule has 1 aromatic heterocycles. The summed E-state index contributed by atoms with van der Waals surface area (Å²) in [5.41, 5.74) is 3.47. The van der Waals surface area contributed by atoms with Crippen LogP contribution in [0.3, 0.4) is 0 Å². The maximum Gasteiger partial charge on any atom is 0.255 e. The molecule has 162 valence electrons. The van der Waals surface area contributed by atoms with Gasteiger partial charge in [-0.1, -0.05) is 29.3 Å². The van der Waals surface area contributed by atoms with Gasteiger partial charge in [0, 0.05) is 24.1 Å². The largest absolute Gasteiger partial charge is 0.497 e. The van der Waals surface area contributed by atoms with Gasteiger partial charge in [0.05, 0.1) is 35.0 Å². The van der Waals surface area contributed by atoms with Crippen molar-refractivity contribution in [2.75, 3.05) is 26.0 Å². The van der Waals surface area contributed by atoms with Crippen LogP contribution in [0.25, 0.3) is 5.69 Å². The average Bonchev–Trinajstić information content (AvgIpc) is 3.04. The van der Waals surface area contributed by atoms with Crippen LogP contribution < -0.4 is 10.1 Å². The number of nitrogens with zero attached hydrogens (tertiary/aromatic N) is 2. The smallest absolute Gasteiger partial charge is 0.255 e. The van der Waals surface area contributed by atoms with E-state index in [1.807, 2.05) is 48.7 Å². The first kappa shape index (κ1) is 22.7. The van der Waals surface area contributed by atoms with E-state index in [1.54, 1.807) is 32.4 Å². The number of hydrogen-bond acceptors (Lipinski definition) is 3. The third-order valence-corrected chi connectivity index (χ3v) is 5.58. The van der Waals surface area contributed by atoms with Crippen molar-refractivity contribution >= 4 is 40.7 Å². The molecule has 2 amide bonds. The molecule has 0 spiro atoms. The summed E-state index contributed by atoms with van der Waals surface area (Å²) < 4.78 is 7.20. The van der Waals surface area contributed by atoms with E-state index in [2.05, 4.69) is 5.32 Å². The predicted molar refractivity (Wildman–Crippen MR) is 124 cm³/mol. The number of methoxy groups -OCH3 is 1. The molecular weight excluding hydrogens is 437 g/mol. The maximum atomic E-state index is 13.0. The zero-order valence-electron chi connectivity index (χ0n) is 17.7. The van der Waals surface area contributed by atoms with Gasteiger partial charge in [0.25, 0.3) is 5.91 Å². The molecule has 3 rings (SSSR count). The average molecular weight is 460 g/mol. The lowest BCUT2D eigenvalue weighted by molar-refractivity contribution is -0.116. The van der Waals surface area contributed by atoms with Gasteiger partial charge in [-0.2, -0.15) is 0 Å². The highest BCUT2D eigenvalue weighted by Gasteiger charge is 2.22. The molecule has 2 aromatic carbocycles. The van der Waals surface area contributed by atoms with Crippen molar-refractivity contribution in [3.63, 3.8) is 0 Å². The van der Waals surface area contributed by atoms with Crippen LogP contribution in [0.1, 0.15) is 21.7 Å². The Hall–Kier alpha value is -2.96. The van der Waals surface area contributed by atoms with Crippen LogP contribution in [0.2, 0.25) is 10.0 Å². The number of amides is 2. The number of halogens is 2. The Kier molecular flexibility index (Phi) is 6.93. The van der Waals surface area contributed by atoms with Crippen LogP contribution in [0, 0.1) is 13.8 Å². The van der Waals surface area contributed by atoms with Gasteiger partial charge in [-0.15, -0.1) is 0 Å². The second-order valence-corrected chi connectivity index (χ2v) is 7.94. The molecule has 6 nitrogen and oxygen atoms in total. The molecule has 0 saturated carbocycles. The monoisotopic (exact) mass is 459 g/mol. The van der Waals surface area contributed by atoms with E-state index in [4.69, 9.17) is 27.9 Å². The first-order valence-electron chi connectivity index (χ1n) is 9.55. The SMILES string of the molecule is COc1ccc(-n2c(C)cc(C(=O)N(C)CC(=O)Nc3c(Cl)cccc3Cl)c2C)cc1. The van der Waals surface area contributed by atoms with Crippen molar-refractivity contribution in [2.24, 2.45) is 0 Å². The van der Waals surface area contributed by atoms with Gasteiger partial charge in [0.15, 0.2) is 0 Å². The van der Waals surface area contributed by atoms with Crippen LogP contribution in [-0.4, -0.2) is 42.0 Å². The van der Waals surface area contributed by atoms with Gasteiger partial charge < -0.3 is 19.5 Å². The fourth-order valence-corrected chi connectivity index (χ4v) is 3.89. The molecule has 0 unspecified atom stereocenters. The van der Waals surface area contributed by atoms with Gasteiger partial charge in [-0.05, 0) is 56.3 Å². The van der Waals surface area contributed by atoms with Crippen LogP contribution in [0.5, 0.6) is 5.75 Å². The van der Waals surface area contributed by atoms with E-state index < -0.39 is 5.91 Å². The van der Waals surface area contributed by atoms with Crippen LogP contribution in [-0.2, 0) is 4.79 Å². The first-order chi connectivity index (χ1) is 14.7. The molecule has 0 radical (unpaired) electrons. The highest BCUT2D eigenvalue weighted by Crippen LogP contribution is 2.30. The summed E-state index contributed by atoms with van der Waals surface area (Å²) in [6.07, 6.45) is 0. The summed E-state index contributed by atoms with van der Waals surface area (Å²) >= 11 is 12.2. The molecule has 0 bridgehead atoms. The number of benzene rings is 2. The van der Waals surface area contributed by atoms with Crippen molar-refractivity contribution in [1.82, 2.24) is 9.47 Å². The molecular formula is C23H23Cl2N3O3. The third-order valence-electron chi connectivity index (χ3n) is 4.95. The zero-order valence-corrected chi connectivity index (χ0v) is 19.2. The van der Waals surface area contributed by atoms with Crippen molar-refractivity contribution < 1.29 is 14.3 Å². The number of ether oxygens (including phenoxy) is 1. The van der Waals surface area contributed by atoms with E-state index in [9.17, 15) is 9.59 Å². The zero-order chi connectivity index (χ0) is 22.7. The second-order valence-electron chi connectivity index (χ2n) is 7.12. The van der Waals surface area contributed by atoms with Crippen LogP contribution in [0.4, 0.5) is 5.69 Å². The number of carbonyl (C=O) groups is 2. The van der Waals surface area contributed by atoms with Crippen molar-refractivity contribution in [2.45, 2.75) is 13.8 Å². The highest BCUT2D eigenvalue weighted by molar-refractivity contribution is 6.39. The van der Waals surface area contributed by atoms with Gasteiger partial charge >= 0.3 is 0 Å². The Morgan fingerprint density at radius 3 is 2.26 bits per heavy atom. The van der Waals surface area contributed by atoms with E-state index in [0.29, 0.717) is 21.3 Å². The Balaban J connectivity index is 1.77. The van der Waals surface area contributed by atoms with E-state index >= 15 is 0 Å². The summed E-state index contributed by atoms with van der Waals surface area (Å²) in [5.74, 6) is 0.106. The number of carbonyl (C=O) groups excluding carboxylic acids is 2. The molecule has 31 heavy (non-hydrogen) atoms. The second kappa shape index (κ2) is 9.45. The van der Waals surface area contributed by atoms with Crippen molar-refractivity contribution in [3.8, 4) is 11.4 Å². The lowest BCUT2D eigenvalue weighted by Crippen LogP contribution is -2.35. The van der Waals surface area contributed by atoms with Crippen LogP contribution in [0.15, 0.2) is 48.5 Å².